The van der Waals surface area contributed by atoms with E-state index in [1.807, 2.05) is 0 Å². The predicted molar refractivity (Wildman–Crippen MR) is 53.2 cm³/mol. The normalized spacial score (nSPS) is 5.56. The second-order valence-corrected chi connectivity index (χ2v) is 2.08. The molecular weight excluding hydrogens is 614 g/mol. The first-order chi connectivity index (χ1) is 6.93. The Labute approximate surface area is 133 Å². The maximum Gasteiger partial charge on any atom is 0.300 e. The number of carboxylic acids is 4. The Balaban J connectivity index is -0.0000000257. The molecule has 0 radical (unpaired) electrons. The minimum atomic E-state index is -0.833. The summed E-state index contributed by atoms with van der Waals surface area (Å²) in [6, 6.07) is 0. The third-order valence-corrected chi connectivity index (χ3v) is 0. The molecule has 0 saturated carbocycles. The predicted octanol–water partition coefficient (Wildman–Crippen LogP) is 0.359. The van der Waals surface area contributed by atoms with Gasteiger partial charge >= 0.3 is 0 Å². The molecule has 0 heterocycles. The molecule has 0 aliphatic rings. The van der Waals surface area contributed by atoms with Crippen molar-refractivity contribution in [3.05, 3.63) is 0 Å². The molecule has 18 heavy (non-hydrogen) atoms. The summed E-state index contributed by atoms with van der Waals surface area (Å²) in [5, 5.41) is 29.7. The van der Waals surface area contributed by atoms with Crippen LogP contribution in [0, 0.1) is 0 Å². The van der Waals surface area contributed by atoms with Gasteiger partial charge in [-0.1, -0.05) is 0 Å². The number of hydrogen-bond donors (Lipinski definition) is 4. The number of rotatable bonds is 0. The van der Waals surface area contributed by atoms with Gasteiger partial charge in [-0.3, -0.25) is 19.2 Å². The molecule has 0 rings (SSSR count). The van der Waals surface area contributed by atoms with Crippen LogP contribution in [0.4, 0.5) is 0 Å². The minimum absolute atomic E-state index is 0. The third-order valence-electron chi connectivity index (χ3n) is 0. The van der Waals surface area contributed by atoms with Crippen molar-refractivity contribution < 1.29 is 81.7 Å². The van der Waals surface area contributed by atoms with Crippen molar-refractivity contribution in [2.24, 2.45) is 0 Å². The molecule has 0 fully saturated rings. The van der Waals surface area contributed by atoms with Gasteiger partial charge in [0.15, 0.2) is 0 Å². The van der Waals surface area contributed by atoms with E-state index in [0.29, 0.717) is 0 Å². The Hall–Kier alpha value is -0.743. The van der Waals surface area contributed by atoms with Gasteiger partial charge in [-0.15, -0.1) is 0 Å². The van der Waals surface area contributed by atoms with Crippen LogP contribution in [0.25, 0.3) is 0 Å². The average molecular weight is 630 g/mol. The van der Waals surface area contributed by atoms with E-state index >= 15 is 0 Å². The monoisotopic (exact) mass is 630 g/mol. The van der Waals surface area contributed by atoms with Gasteiger partial charge < -0.3 is 20.4 Å². The van der Waals surface area contributed by atoms with Gasteiger partial charge in [0.2, 0.25) is 0 Å². The number of carboxylic acid groups (broad SMARTS) is 4. The van der Waals surface area contributed by atoms with E-state index in [4.69, 9.17) is 39.6 Å². The Morgan fingerprint density at radius 1 is 0.500 bits per heavy atom. The number of hydrogen-bond acceptors (Lipinski definition) is 4. The van der Waals surface area contributed by atoms with Crippen molar-refractivity contribution in [3.8, 4) is 0 Å². The Morgan fingerprint density at radius 2 is 0.500 bits per heavy atom. The fourth-order valence-corrected chi connectivity index (χ4v) is 0. The second-order valence-electron chi connectivity index (χ2n) is 2.08. The fraction of sp³-hybridized carbons (Fsp3) is 0.500. The molecule has 0 unspecified atom stereocenters. The molecule has 0 aromatic heterocycles. The van der Waals surface area contributed by atoms with E-state index < -0.39 is 23.9 Å². The van der Waals surface area contributed by atoms with Crippen LogP contribution >= 0.6 is 0 Å². The third kappa shape index (κ3) is 5610. The van der Waals surface area contributed by atoms with Crippen molar-refractivity contribution in [3.63, 3.8) is 0 Å². The summed E-state index contributed by atoms with van der Waals surface area (Å²) in [4.78, 5) is 36.0. The van der Waals surface area contributed by atoms with Crippen molar-refractivity contribution in [2.75, 3.05) is 0 Å². The van der Waals surface area contributed by atoms with Gasteiger partial charge in [0.25, 0.3) is 23.9 Å². The molecular formula is C8H16O8Pt2. The topological polar surface area (TPSA) is 149 Å². The van der Waals surface area contributed by atoms with Crippen molar-refractivity contribution in [1.29, 1.82) is 0 Å². The van der Waals surface area contributed by atoms with Crippen LogP contribution in [0.15, 0.2) is 0 Å². The molecule has 0 amide bonds. The van der Waals surface area contributed by atoms with Gasteiger partial charge in [-0.05, 0) is 0 Å². The molecule has 0 spiro atoms. The first-order valence-corrected chi connectivity index (χ1v) is 3.71. The van der Waals surface area contributed by atoms with Crippen LogP contribution in [0.5, 0.6) is 0 Å². The molecule has 0 aliphatic heterocycles. The first-order valence-electron chi connectivity index (χ1n) is 3.71. The van der Waals surface area contributed by atoms with Crippen LogP contribution in [0.2, 0.25) is 0 Å². The largest absolute Gasteiger partial charge is 0.481 e. The zero-order valence-corrected chi connectivity index (χ0v) is 14.6. The molecule has 0 atom stereocenters. The van der Waals surface area contributed by atoms with E-state index in [1.54, 1.807) is 0 Å². The molecule has 0 saturated heterocycles. The van der Waals surface area contributed by atoms with E-state index in [2.05, 4.69) is 0 Å². The van der Waals surface area contributed by atoms with Crippen LogP contribution < -0.4 is 0 Å². The SMILES string of the molecule is CC(=O)O.CC(=O)O.CC(=O)O.CC(=O)O.[Pt].[Pt]. The molecule has 0 aliphatic carbocycles. The summed E-state index contributed by atoms with van der Waals surface area (Å²) in [5.41, 5.74) is 0. The molecule has 0 bridgehead atoms. The van der Waals surface area contributed by atoms with Gasteiger partial charge in [-0.2, -0.15) is 0 Å². The number of aliphatic carboxylic acids is 4. The zero-order chi connectivity index (χ0) is 14.3. The van der Waals surface area contributed by atoms with E-state index in [9.17, 15) is 0 Å². The second kappa shape index (κ2) is 29.9. The van der Waals surface area contributed by atoms with Crippen LogP contribution in [-0.4, -0.2) is 44.3 Å². The summed E-state index contributed by atoms with van der Waals surface area (Å²) in [5.74, 6) is -3.33. The molecule has 4 N–H and O–H groups in total. The van der Waals surface area contributed by atoms with Gasteiger partial charge in [0.1, 0.15) is 0 Å². The smallest absolute Gasteiger partial charge is 0.300 e. The Kier molecular flexibility index (Phi) is 59.7. The van der Waals surface area contributed by atoms with Crippen molar-refractivity contribution >= 4 is 23.9 Å². The summed E-state index contributed by atoms with van der Waals surface area (Å²) in [6.45, 7) is 4.33. The van der Waals surface area contributed by atoms with E-state index in [-0.39, 0.29) is 42.1 Å². The molecule has 10 heteroatoms. The zero-order valence-electron chi connectivity index (χ0n) is 10.1. The Bertz CT molecular complexity index is 165. The fourth-order valence-electron chi connectivity index (χ4n) is 0. The summed E-state index contributed by atoms with van der Waals surface area (Å²) in [7, 11) is 0. The average Bonchev–Trinajstić information content (AvgIpc) is 1.76. The number of carbonyl (C=O) groups is 4. The van der Waals surface area contributed by atoms with Crippen LogP contribution in [0.3, 0.4) is 0 Å². The maximum atomic E-state index is 9.00. The standard InChI is InChI=1S/4C2H4O2.2Pt/c4*1-2(3)4;;/h4*1H3,(H,3,4);;. The summed E-state index contributed by atoms with van der Waals surface area (Å²) >= 11 is 0. The quantitative estimate of drug-likeness (QED) is 0.300. The molecule has 8 nitrogen and oxygen atoms in total. The van der Waals surface area contributed by atoms with Crippen LogP contribution in [0.1, 0.15) is 27.7 Å². The van der Waals surface area contributed by atoms with Crippen molar-refractivity contribution in [2.45, 2.75) is 27.7 Å². The van der Waals surface area contributed by atoms with E-state index in [0.717, 1.165) is 27.7 Å². The van der Waals surface area contributed by atoms with Gasteiger partial charge in [0, 0.05) is 69.8 Å². The summed E-state index contributed by atoms with van der Waals surface area (Å²) in [6.07, 6.45) is 0. The maximum absolute atomic E-state index is 9.00. The molecule has 0 aromatic carbocycles. The molecule has 0 aromatic rings. The summed E-state index contributed by atoms with van der Waals surface area (Å²) < 4.78 is 0. The Morgan fingerprint density at radius 3 is 0.500 bits per heavy atom. The van der Waals surface area contributed by atoms with Gasteiger partial charge in [-0.25, -0.2) is 0 Å². The minimum Gasteiger partial charge on any atom is -0.481 e. The van der Waals surface area contributed by atoms with Crippen LogP contribution in [-0.2, 0) is 61.3 Å². The van der Waals surface area contributed by atoms with E-state index in [1.165, 1.54) is 0 Å². The van der Waals surface area contributed by atoms with Gasteiger partial charge in [0.05, 0.1) is 0 Å². The first kappa shape index (κ1) is 36.0. The van der Waals surface area contributed by atoms with Crippen molar-refractivity contribution in [1.82, 2.24) is 0 Å². The molecule has 116 valence electrons.